The summed E-state index contributed by atoms with van der Waals surface area (Å²) < 4.78 is 0. The fourth-order valence-corrected chi connectivity index (χ4v) is 2.93. The maximum absolute atomic E-state index is 11.3. The molecule has 0 fully saturated rings. The number of pyridine rings is 1. The minimum Gasteiger partial charge on any atom is -0.298 e. The number of hydrogen-bond donors (Lipinski definition) is 0. The Balaban J connectivity index is 2.11. The van der Waals surface area contributed by atoms with Crippen LogP contribution >= 0.6 is 11.8 Å². The summed E-state index contributed by atoms with van der Waals surface area (Å²) in [6, 6.07) is 17.9. The van der Waals surface area contributed by atoms with Gasteiger partial charge in [-0.1, -0.05) is 42.1 Å². The molecule has 20 heavy (non-hydrogen) atoms. The van der Waals surface area contributed by atoms with Gasteiger partial charge in [-0.2, -0.15) is 0 Å². The van der Waals surface area contributed by atoms with Crippen molar-refractivity contribution in [3.05, 3.63) is 65.7 Å². The Hall–Kier alpha value is -2.13. The van der Waals surface area contributed by atoms with Crippen molar-refractivity contribution in [3.63, 3.8) is 0 Å². The molecule has 0 N–H and O–H groups in total. The number of rotatable bonds is 3. The van der Waals surface area contributed by atoms with Crippen molar-refractivity contribution < 1.29 is 4.79 Å². The fourth-order valence-electron chi connectivity index (χ4n) is 2.04. The van der Waals surface area contributed by atoms with Crippen molar-refractivity contribution in [2.75, 3.05) is 0 Å². The largest absolute Gasteiger partial charge is 0.298 e. The fraction of sp³-hybridized carbons (Fsp3) is 0.0588. The first kappa shape index (κ1) is 12.9. The summed E-state index contributed by atoms with van der Waals surface area (Å²) in [6.07, 6.45) is 0.873. The molecule has 2 nitrogen and oxygen atoms in total. The van der Waals surface area contributed by atoms with Crippen LogP contribution in [-0.2, 0) is 0 Å². The Kier molecular flexibility index (Phi) is 3.52. The van der Waals surface area contributed by atoms with Crippen molar-refractivity contribution in [1.82, 2.24) is 4.98 Å². The third-order valence-corrected chi connectivity index (χ3v) is 4.08. The lowest BCUT2D eigenvalue weighted by Crippen LogP contribution is -1.92. The third kappa shape index (κ3) is 2.58. The van der Waals surface area contributed by atoms with Gasteiger partial charge in [-0.3, -0.25) is 4.79 Å². The van der Waals surface area contributed by atoms with Crippen LogP contribution in [-0.4, -0.2) is 11.3 Å². The van der Waals surface area contributed by atoms with Gasteiger partial charge in [0.15, 0.2) is 6.29 Å². The zero-order valence-electron chi connectivity index (χ0n) is 11.0. The number of aldehydes is 1. The number of fused-ring (bicyclic) bond motifs is 1. The molecule has 0 spiro atoms. The molecular weight excluding hydrogens is 266 g/mol. The summed E-state index contributed by atoms with van der Waals surface area (Å²) in [7, 11) is 0. The van der Waals surface area contributed by atoms with Gasteiger partial charge in [0, 0.05) is 15.8 Å². The molecule has 98 valence electrons. The van der Waals surface area contributed by atoms with E-state index in [2.05, 4.69) is 4.98 Å². The Morgan fingerprint density at radius 1 is 1.05 bits per heavy atom. The molecule has 0 saturated carbocycles. The predicted molar refractivity (Wildman–Crippen MR) is 82.4 cm³/mol. The highest BCUT2D eigenvalue weighted by Crippen LogP contribution is 2.30. The van der Waals surface area contributed by atoms with E-state index in [9.17, 15) is 4.79 Å². The number of carbonyl (C=O) groups is 1. The van der Waals surface area contributed by atoms with Gasteiger partial charge in [0.05, 0.1) is 5.52 Å². The van der Waals surface area contributed by atoms with E-state index in [-0.39, 0.29) is 0 Å². The van der Waals surface area contributed by atoms with Gasteiger partial charge >= 0.3 is 0 Å². The van der Waals surface area contributed by atoms with E-state index in [1.165, 1.54) is 17.3 Å². The smallest absolute Gasteiger partial charge is 0.152 e. The Morgan fingerprint density at radius 3 is 2.60 bits per heavy atom. The highest BCUT2D eigenvalue weighted by Gasteiger charge is 2.08. The van der Waals surface area contributed by atoms with Crippen molar-refractivity contribution >= 4 is 29.0 Å². The Bertz CT molecular complexity index is 769. The second-order valence-electron chi connectivity index (χ2n) is 4.61. The molecule has 0 unspecified atom stereocenters. The lowest BCUT2D eigenvalue weighted by Gasteiger charge is -2.07. The number of aromatic nitrogens is 1. The summed E-state index contributed by atoms with van der Waals surface area (Å²) in [6.45, 7) is 2.04. The maximum atomic E-state index is 11.3. The molecule has 0 bridgehead atoms. The van der Waals surface area contributed by atoms with Crippen LogP contribution in [0.2, 0.25) is 0 Å². The third-order valence-electron chi connectivity index (χ3n) is 3.05. The van der Waals surface area contributed by atoms with Gasteiger partial charge in [0.2, 0.25) is 0 Å². The molecule has 0 aliphatic heterocycles. The van der Waals surface area contributed by atoms with Gasteiger partial charge in [-0.15, -0.1) is 0 Å². The molecule has 0 aliphatic rings. The average molecular weight is 279 g/mol. The minimum absolute atomic E-state index is 0.634. The molecule has 1 heterocycles. The standard InChI is InChI=1S/C17H13NOS/c1-12-7-8-13-10-14(11-19)17(18-16(13)9-12)20-15-5-3-2-4-6-15/h2-11H,1H3. The van der Waals surface area contributed by atoms with Gasteiger partial charge in [-0.25, -0.2) is 4.98 Å². The summed E-state index contributed by atoms with van der Waals surface area (Å²) in [4.78, 5) is 17.0. The van der Waals surface area contributed by atoms with E-state index >= 15 is 0 Å². The van der Waals surface area contributed by atoms with Crippen LogP contribution < -0.4 is 0 Å². The normalized spacial score (nSPS) is 10.7. The SMILES string of the molecule is Cc1ccc2cc(C=O)c(Sc3ccccc3)nc2c1. The molecule has 0 saturated heterocycles. The monoisotopic (exact) mass is 279 g/mol. The second kappa shape index (κ2) is 5.47. The molecule has 0 radical (unpaired) electrons. The van der Waals surface area contributed by atoms with E-state index in [1.807, 2.05) is 61.5 Å². The van der Waals surface area contributed by atoms with Crippen LogP contribution in [0.3, 0.4) is 0 Å². The zero-order chi connectivity index (χ0) is 13.9. The Morgan fingerprint density at radius 2 is 1.85 bits per heavy atom. The molecule has 1 aromatic heterocycles. The predicted octanol–water partition coefficient (Wildman–Crippen LogP) is 4.51. The first-order valence-electron chi connectivity index (χ1n) is 6.36. The lowest BCUT2D eigenvalue weighted by molar-refractivity contribution is 0.112. The van der Waals surface area contributed by atoms with E-state index in [0.717, 1.165) is 27.1 Å². The lowest BCUT2D eigenvalue weighted by atomic mass is 10.1. The summed E-state index contributed by atoms with van der Waals surface area (Å²) in [5.74, 6) is 0. The number of hydrogen-bond acceptors (Lipinski definition) is 3. The number of aryl methyl sites for hydroxylation is 1. The van der Waals surface area contributed by atoms with Crippen molar-refractivity contribution in [2.45, 2.75) is 16.8 Å². The van der Waals surface area contributed by atoms with E-state index in [1.54, 1.807) is 0 Å². The van der Waals surface area contributed by atoms with Gasteiger partial charge < -0.3 is 0 Å². The van der Waals surface area contributed by atoms with Crippen LogP contribution in [0.15, 0.2) is 64.5 Å². The van der Waals surface area contributed by atoms with Gasteiger partial charge in [0.25, 0.3) is 0 Å². The van der Waals surface area contributed by atoms with Crippen LogP contribution in [0.1, 0.15) is 15.9 Å². The summed E-state index contributed by atoms with van der Waals surface area (Å²) in [5, 5.41) is 1.75. The van der Waals surface area contributed by atoms with Gasteiger partial charge in [0.1, 0.15) is 5.03 Å². The van der Waals surface area contributed by atoms with Crippen LogP contribution in [0.25, 0.3) is 10.9 Å². The summed E-state index contributed by atoms with van der Waals surface area (Å²) >= 11 is 1.52. The first-order valence-corrected chi connectivity index (χ1v) is 7.17. The van der Waals surface area contributed by atoms with Crippen molar-refractivity contribution in [1.29, 1.82) is 0 Å². The first-order chi connectivity index (χ1) is 9.76. The Labute approximate surface area is 121 Å². The van der Waals surface area contributed by atoms with Crippen LogP contribution in [0, 0.1) is 6.92 Å². The molecule has 3 aromatic rings. The van der Waals surface area contributed by atoms with Crippen molar-refractivity contribution in [3.8, 4) is 0 Å². The molecular formula is C17H13NOS. The second-order valence-corrected chi connectivity index (χ2v) is 5.67. The summed E-state index contributed by atoms with van der Waals surface area (Å²) in [5.41, 5.74) is 2.73. The van der Waals surface area contributed by atoms with Crippen LogP contribution in [0.5, 0.6) is 0 Å². The molecule has 0 aliphatic carbocycles. The number of nitrogens with zero attached hydrogens (tertiary/aromatic N) is 1. The maximum Gasteiger partial charge on any atom is 0.152 e. The molecule has 0 atom stereocenters. The molecule has 3 heteroatoms. The highest BCUT2D eigenvalue weighted by atomic mass is 32.2. The van der Waals surface area contributed by atoms with Crippen molar-refractivity contribution in [2.24, 2.45) is 0 Å². The zero-order valence-corrected chi connectivity index (χ0v) is 11.9. The highest BCUT2D eigenvalue weighted by molar-refractivity contribution is 7.99. The molecule has 2 aromatic carbocycles. The number of benzene rings is 2. The van der Waals surface area contributed by atoms with Gasteiger partial charge in [-0.05, 0) is 36.8 Å². The van der Waals surface area contributed by atoms with E-state index in [0.29, 0.717) is 5.56 Å². The minimum atomic E-state index is 0.634. The number of carbonyl (C=O) groups excluding carboxylic acids is 1. The van der Waals surface area contributed by atoms with E-state index in [4.69, 9.17) is 0 Å². The topological polar surface area (TPSA) is 30.0 Å². The average Bonchev–Trinajstić information content (AvgIpc) is 2.47. The quantitative estimate of drug-likeness (QED) is 0.661. The van der Waals surface area contributed by atoms with Crippen LogP contribution in [0.4, 0.5) is 0 Å². The molecule has 0 amide bonds. The molecule has 3 rings (SSSR count). The van der Waals surface area contributed by atoms with E-state index < -0.39 is 0 Å².